The fourth-order valence-electron chi connectivity index (χ4n) is 2.25. The quantitative estimate of drug-likeness (QED) is 0.729. The normalized spacial score (nSPS) is 9.83. The van der Waals surface area contributed by atoms with Crippen molar-refractivity contribution >= 4 is 22.4 Å². The van der Waals surface area contributed by atoms with Gasteiger partial charge in [0.05, 0.1) is 19.2 Å². The number of rotatable bonds is 5. The lowest BCUT2D eigenvalue weighted by molar-refractivity contribution is 0.311. The lowest BCUT2D eigenvalue weighted by Gasteiger charge is -2.13. The van der Waals surface area contributed by atoms with Crippen molar-refractivity contribution in [2.24, 2.45) is 0 Å². The third kappa shape index (κ3) is 3.93. The van der Waals surface area contributed by atoms with Crippen molar-refractivity contribution < 1.29 is 9.47 Å². The average molecular weight is 325 g/mol. The van der Waals surface area contributed by atoms with Gasteiger partial charge in [-0.25, -0.2) is 9.97 Å². The molecule has 3 rings (SSSR count). The summed E-state index contributed by atoms with van der Waals surface area (Å²) in [5.41, 5.74) is 1.77. The maximum Gasteiger partial charge on any atom is 0.162 e. The minimum absolute atomic E-state index is 0.566. The van der Waals surface area contributed by atoms with Gasteiger partial charge in [0.1, 0.15) is 12.1 Å². The molecule has 5 heteroatoms. The zero-order valence-electron chi connectivity index (χ0n) is 14.5. The van der Waals surface area contributed by atoms with Crippen molar-refractivity contribution in [2.45, 2.75) is 20.8 Å². The first-order chi connectivity index (χ1) is 11.8. The Balaban J connectivity index is 0.00000100. The number of hydrogen-bond acceptors (Lipinski definition) is 5. The molecule has 3 aromatic rings. The van der Waals surface area contributed by atoms with Crippen molar-refractivity contribution in [3.63, 3.8) is 0 Å². The third-order valence-corrected chi connectivity index (χ3v) is 3.26. The number of hydrogen-bond donors (Lipinski definition) is 1. The van der Waals surface area contributed by atoms with Crippen molar-refractivity contribution in [1.29, 1.82) is 0 Å². The number of aromatic nitrogens is 2. The van der Waals surface area contributed by atoms with Crippen molar-refractivity contribution in [2.75, 3.05) is 19.0 Å². The SMILES string of the molecule is CC.CCOc1cc2c(Nc3ccccc3)ncnc2cc1OC. The van der Waals surface area contributed by atoms with Crippen LogP contribution in [0.15, 0.2) is 48.8 Å². The Kier molecular flexibility index (Phi) is 6.37. The monoisotopic (exact) mass is 325 g/mol. The van der Waals surface area contributed by atoms with Crippen LogP contribution in [-0.4, -0.2) is 23.7 Å². The van der Waals surface area contributed by atoms with Gasteiger partial charge in [0.2, 0.25) is 0 Å². The van der Waals surface area contributed by atoms with Crippen LogP contribution in [0.4, 0.5) is 11.5 Å². The first-order valence-electron chi connectivity index (χ1n) is 8.09. The predicted molar refractivity (Wildman–Crippen MR) is 98.3 cm³/mol. The number of benzene rings is 2. The lowest BCUT2D eigenvalue weighted by Crippen LogP contribution is -1.99. The van der Waals surface area contributed by atoms with E-state index in [9.17, 15) is 0 Å². The van der Waals surface area contributed by atoms with Crippen LogP contribution in [0.5, 0.6) is 11.5 Å². The molecule has 0 radical (unpaired) electrons. The van der Waals surface area contributed by atoms with E-state index in [0.717, 1.165) is 22.4 Å². The van der Waals surface area contributed by atoms with Crippen molar-refractivity contribution in [3.05, 3.63) is 48.8 Å². The van der Waals surface area contributed by atoms with Crippen LogP contribution in [0.2, 0.25) is 0 Å². The molecule has 0 amide bonds. The van der Waals surface area contributed by atoms with E-state index < -0.39 is 0 Å². The molecule has 5 nitrogen and oxygen atoms in total. The van der Waals surface area contributed by atoms with Gasteiger partial charge in [-0.15, -0.1) is 0 Å². The van der Waals surface area contributed by atoms with Crippen LogP contribution >= 0.6 is 0 Å². The molecular weight excluding hydrogens is 302 g/mol. The van der Waals surface area contributed by atoms with Gasteiger partial charge < -0.3 is 14.8 Å². The van der Waals surface area contributed by atoms with Gasteiger partial charge in [-0.3, -0.25) is 0 Å². The summed E-state index contributed by atoms with van der Waals surface area (Å²) < 4.78 is 11.0. The van der Waals surface area contributed by atoms with Gasteiger partial charge in [0.15, 0.2) is 11.5 Å². The molecule has 0 spiro atoms. The second-order valence-corrected chi connectivity index (χ2v) is 4.67. The number of ether oxygens (including phenoxy) is 2. The Hall–Kier alpha value is -2.82. The van der Waals surface area contributed by atoms with E-state index in [4.69, 9.17) is 9.47 Å². The van der Waals surface area contributed by atoms with E-state index in [-0.39, 0.29) is 0 Å². The van der Waals surface area contributed by atoms with Gasteiger partial charge >= 0.3 is 0 Å². The molecule has 1 aromatic heterocycles. The van der Waals surface area contributed by atoms with Gasteiger partial charge in [-0.1, -0.05) is 32.0 Å². The predicted octanol–water partition coefficient (Wildman–Crippen LogP) is 4.81. The topological polar surface area (TPSA) is 56.3 Å². The molecule has 1 heterocycles. The highest BCUT2D eigenvalue weighted by Gasteiger charge is 2.11. The zero-order chi connectivity index (χ0) is 17.4. The Morgan fingerprint density at radius 3 is 2.42 bits per heavy atom. The van der Waals surface area contributed by atoms with Crippen molar-refractivity contribution in [1.82, 2.24) is 9.97 Å². The molecular formula is C19H23N3O2. The van der Waals surface area contributed by atoms with Gasteiger partial charge in [0.25, 0.3) is 0 Å². The van der Waals surface area contributed by atoms with Crippen LogP contribution in [0.1, 0.15) is 20.8 Å². The van der Waals surface area contributed by atoms with Gasteiger partial charge in [0, 0.05) is 17.1 Å². The molecule has 0 fully saturated rings. The number of nitrogens with one attached hydrogen (secondary N) is 1. The standard InChI is InChI=1S/C17H17N3O2.C2H6/c1-3-22-16-9-13-14(10-15(16)21-2)18-11-19-17(13)20-12-7-5-4-6-8-12;1-2/h4-11H,3H2,1-2H3,(H,18,19,20);1-2H3. The average Bonchev–Trinajstić information content (AvgIpc) is 2.64. The molecule has 2 aromatic carbocycles. The largest absolute Gasteiger partial charge is 0.493 e. The van der Waals surface area contributed by atoms with E-state index in [0.29, 0.717) is 18.1 Å². The molecule has 126 valence electrons. The summed E-state index contributed by atoms with van der Waals surface area (Å²) in [5.74, 6) is 2.09. The number of nitrogens with zero attached hydrogens (tertiary/aromatic N) is 2. The number of para-hydroxylation sites is 1. The Bertz CT molecular complexity index is 776. The second-order valence-electron chi connectivity index (χ2n) is 4.67. The van der Waals surface area contributed by atoms with E-state index in [1.54, 1.807) is 7.11 Å². The lowest BCUT2D eigenvalue weighted by atomic mass is 10.2. The van der Waals surface area contributed by atoms with Crippen LogP contribution in [0.3, 0.4) is 0 Å². The van der Waals surface area contributed by atoms with E-state index in [2.05, 4.69) is 15.3 Å². The zero-order valence-corrected chi connectivity index (χ0v) is 14.5. The first kappa shape index (κ1) is 17.5. The highest BCUT2D eigenvalue weighted by Crippen LogP contribution is 2.34. The maximum absolute atomic E-state index is 5.63. The summed E-state index contributed by atoms with van der Waals surface area (Å²) >= 11 is 0. The Labute approximate surface area is 142 Å². The molecule has 0 bridgehead atoms. The molecule has 0 aliphatic carbocycles. The number of fused-ring (bicyclic) bond motifs is 1. The van der Waals surface area contributed by atoms with Crippen LogP contribution < -0.4 is 14.8 Å². The Morgan fingerprint density at radius 2 is 1.75 bits per heavy atom. The summed E-state index contributed by atoms with van der Waals surface area (Å²) in [6.45, 7) is 6.51. The van der Waals surface area contributed by atoms with Crippen LogP contribution in [-0.2, 0) is 0 Å². The third-order valence-electron chi connectivity index (χ3n) is 3.26. The second kappa shape index (κ2) is 8.72. The van der Waals surface area contributed by atoms with E-state index >= 15 is 0 Å². The fraction of sp³-hybridized carbons (Fsp3) is 0.263. The summed E-state index contributed by atoms with van der Waals surface area (Å²) in [5, 5.41) is 4.19. The number of anilines is 2. The molecule has 0 atom stereocenters. The molecule has 1 N–H and O–H groups in total. The first-order valence-corrected chi connectivity index (χ1v) is 8.09. The van der Waals surface area contributed by atoms with E-state index in [1.807, 2.05) is 63.2 Å². The Morgan fingerprint density at radius 1 is 1.00 bits per heavy atom. The minimum atomic E-state index is 0.566. The molecule has 0 aliphatic rings. The molecule has 24 heavy (non-hydrogen) atoms. The maximum atomic E-state index is 5.63. The molecule has 0 saturated carbocycles. The number of methoxy groups -OCH3 is 1. The summed E-state index contributed by atoms with van der Waals surface area (Å²) in [4.78, 5) is 8.65. The molecule has 0 saturated heterocycles. The van der Waals surface area contributed by atoms with Crippen molar-refractivity contribution in [3.8, 4) is 11.5 Å². The fourth-order valence-corrected chi connectivity index (χ4v) is 2.25. The highest BCUT2D eigenvalue weighted by atomic mass is 16.5. The summed E-state index contributed by atoms with van der Waals surface area (Å²) in [6, 6.07) is 13.7. The molecule has 0 aliphatic heterocycles. The van der Waals surface area contributed by atoms with Gasteiger partial charge in [-0.2, -0.15) is 0 Å². The van der Waals surface area contributed by atoms with Crippen LogP contribution in [0.25, 0.3) is 10.9 Å². The smallest absolute Gasteiger partial charge is 0.162 e. The summed E-state index contributed by atoms with van der Waals surface area (Å²) in [7, 11) is 1.62. The molecule has 0 unspecified atom stereocenters. The van der Waals surface area contributed by atoms with Crippen LogP contribution in [0, 0.1) is 0 Å². The highest BCUT2D eigenvalue weighted by molar-refractivity contribution is 5.93. The summed E-state index contributed by atoms with van der Waals surface area (Å²) in [6.07, 6.45) is 1.54. The van der Waals surface area contributed by atoms with Gasteiger partial charge in [-0.05, 0) is 25.1 Å². The van der Waals surface area contributed by atoms with E-state index in [1.165, 1.54) is 6.33 Å². The minimum Gasteiger partial charge on any atom is -0.493 e.